The number of carbonyl (C=O) groups is 2. The van der Waals surface area contributed by atoms with E-state index in [-0.39, 0.29) is 44.7 Å². The highest BCUT2D eigenvalue weighted by Crippen LogP contribution is 2.32. The van der Waals surface area contributed by atoms with Gasteiger partial charge in [0.25, 0.3) is 11.5 Å². The van der Waals surface area contributed by atoms with Gasteiger partial charge in [0.2, 0.25) is 5.91 Å². The van der Waals surface area contributed by atoms with Crippen LogP contribution in [0.3, 0.4) is 0 Å². The zero-order valence-electron chi connectivity index (χ0n) is 20.6. The van der Waals surface area contributed by atoms with Gasteiger partial charge in [-0.3, -0.25) is 14.4 Å². The van der Waals surface area contributed by atoms with Crippen LogP contribution in [0.2, 0.25) is 0 Å². The van der Waals surface area contributed by atoms with Crippen LogP contribution in [-0.2, 0) is 18.4 Å². The topological polar surface area (TPSA) is 110 Å². The molecule has 9 nitrogen and oxygen atoms in total. The Morgan fingerprint density at radius 3 is 2.65 bits per heavy atom. The summed E-state index contributed by atoms with van der Waals surface area (Å²) in [6, 6.07) is 1.20. The van der Waals surface area contributed by atoms with E-state index in [9.17, 15) is 31.9 Å². The number of hydrogen-bond acceptors (Lipinski definition) is 5. The third-order valence-corrected chi connectivity index (χ3v) is 5.23. The van der Waals surface area contributed by atoms with Crippen molar-refractivity contribution < 1.29 is 31.3 Å². The molecule has 0 radical (unpaired) electrons. The SMILES string of the molecule is [2H]C([2H])([2H])NC(=O)c1cnc(NC(=O)C2CC2)cc1Nc1cn(C)c2c(F)cn(CC(F)(F)F)c(=O)c12. The molecule has 4 rings (SSSR count). The van der Waals surface area contributed by atoms with Crippen molar-refractivity contribution in [3.05, 3.63) is 46.4 Å². The number of alkyl halides is 3. The van der Waals surface area contributed by atoms with Crippen LogP contribution in [-0.4, -0.2) is 39.1 Å². The quantitative estimate of drug-likeness (QED) is 0.467. The van der Waals surface area contributed by atoms with Gasteiger partial charge in [0.1, 0.15) is 12.4 Å². The molecule has 3 heterocycles. The van der Waals surface area contributed by atoms with Crippen molar-refractivity contribution in [3.8, 4) is 0 Å². The van der Waals surface area contributed by atoms with E-state index in [4.69, 9.17) is 4.11 Å². The maximum absolute atomic E-state index is 14.7. The molecular weight excluding hydrogens is 460 g/mol. The summed E-state index contributed by atoms with van der Waals surface area (Å²) < 4.78 is 76.8. The van der Waals surface area contributed by atoms with Gasteiger partial charge in [-0.2, -0.15) is 13.2 Å². The van der Waals surface area contributed by atoms with E-state index in [1.807, 2.05) is 0 Å². The molecule has 3 aromatic rings. The second-order valence-corrected chi connectivity index (χ2v) is 7.86. The molecule has 1 aliphatic carbocycles. The van der Waals surface area contributed by atoms with Crippen LogP contribution in [0, 0.1) is 11.7 Å². The third kappa shape index (κ3) is 4.58. The monoisotopic (exact) mass is 483 g/mol. The minimum atomic E-state index is -4.80. The molecular formula is C21H20F4N6O3. The van der Waals surface area contributed by atoms with Gasteiger partial charge in [-0.15, -0.1) is 0 Å². The van der Waals surface area contributed by atoms with E-state index in [2.05, 4.69) is 15.6 Å². The highest BCUT2D eigenvalue weighted by atomic mass is 19.4. The summed E-state index contributed by atoms with van der Waals surface area (Å²) in [7, 11) is 1.36. The number of aryl methyl sites for hydroxylation is 1. The second-order valence-electron chi connectivity index (χ2n) is 7.86. The van der Waals surface area contributed by atoms with Gasteiger partial charge in [0.15, 0.2) is 5.82 Å². The maximum atomic E-state index is 14.7. The van der Waals surface area contributed by atoms with Gasteiger partial charge in [-0.1, -0.05) is 0 Å². The highest BCUT2D eigenvalue weighted by molar-refractivity contribution is 6.03. The number of nitrogens with one attached hydrogen (secondary N) is 3. The summed E-state index contributed by atoms with van der Waals surface area (Å²) in [4.78, 5) is 41.7. The number of amides is 2. The zero-order chi connectivity index (χ0) is 27.3. The number of aromatic nitrogens is 3. The number of pyridine rings is 2. The lowest BCUT2D eigenvalue weighted by molar-refractivity contribution is -0.141. The Bertz CT molecular complexity index is 1460. The fraction of sp³-hybridized carbons (Fsp3) is 0.333. The summed E-state index contributed by atoms with van der Waals surface area (Å²) in [6.07, 6.45) is -0.744. The smallest absolute Gasteiger partial charge is 0.355 e. The van der Waals surface area contributed by atoms with Gasteiger partial charge in [-0.05, 0) is 12.8 Å². The second kappa shape index (κ2) is 8.47. The lowest BCUT2D eigenvalue weighted by Gasteiger charge is -2.13. The number of anilines is 3. The summed E-state index contributed by atoms with van der Waals surface area (Å²) in [6.45, 7) is -4.59. The van der Waals surface area contributed by atoms with E-state index in [1.165, 1.54) is 23.9 Å². The maximum Gasteiger partial charge on any atom is 0.406 e. The molecule has 0 unspecified atom stereocenters. The molecule has 180 valence electrons. The fourth-order valence-corrected chi connectivity index (χ4v) is 3.53. The molecule has 0 atom stereocenters. The van der Waals surface area contributed by atoms with Crippen LogP contribution in [0.1, 0.15) is 27.3 Å². The Morgan fingerprint density at radius 2 is 2.00 bits per heavy atom. The predicted octanol–water partition coefficient (Wildman–Crippen LogP) is 2.89. The first-order valence-electron chi connectivity index (χ1n) is 11.5. The van der Waals surface area contributed by atoms with Crippen LogP contribution in [0.15, 0.2) is 29.5 Å². The Labute approximate surface area is 194 Å². The van der Waals surface area contributed by atoms with Crippen LogP contribution in [0.25, 0.3) is 10.9 Å². The van der Waals surface area contributed by atoms with Gasteiger partial charge < -0.3 is 25.1 Å². The molecule has 1 fully saturated rings. The molecule has 0 aromatic carbocycles. The Kier molecular flexibility index (Phi) is 4.87. The Morgan fingerprint density at radius 1 is 1.26 bits per heavy atom. The van der Waals surface area contributed by atoms with E-state index in [1.54, 1.807) is 5.32 Å². The molecule has 3 N–H and O–H groups in total. The van der Waals surface area contributed by atoms with Crippen molar-refractivity contribution in [3.63, 3.8) is 0 Å². The minimum absolute atomic E-state index is 0.00858. The largest absolute Gasteiger partial charge is 0.406 e. The predicted molar refractivity (Wildman–Crippen MR) is 115 cm³/mol. The Hall–Kier alpha value is -3.90. The van der Waals surface area contributed by atoms with Crippen molar-refractivity contribution in [2.24, 2.45) is 13.0 Å². The summed E-state index contributed by atoms with van der Waals surface area (Å²) in [5, 5.41) is 6.60. The molecule has 0 aliphatic heterocycles. The van der Waals surface area contributed by atoms with Crippen molar-refractivity contribution in [2.45, 2.75) is 25.6 Å². The van der Waals surface area contributed by atoms with Gasteiger partial charge >= 0.3 is 6.18 Å². The molecule has 1 aliphatic rings. The number of rotatable bonds is 6. The molecule has 2 amide bonds. The Balaban J connectivity index is 1.81. The molecule has 3 aromatic heterocycles. The molecule has 0 saturated heterocycles. The van der Waals surface area contributed by atoms with Crippen molar-refractivity contribution in [2.75, 3.05) is 17.6 Å². The van der Waals surface area contributed by atoms with Crippen LogP contribution >= 0.6 is 0 Å². The average molecular weight is 483 g/mol. The van der Waals surface area contributed by atoms with E-state index in [0.29, 0.717) is 19.0 Å². The lowest BCUT2D eigenvalue weighted by atomic mass is 10.2. The molecule has 1 saturated carbocycles. The first-order valence-corrected chi connectivity index (χ1v) is 9.98. The minimum Gasteiger partial charge on any atom is -0.355 e. The third-order valence-electron chi connectivity index (χ3n) is 5.23. The van der Waals surface area contributed by atoms with Gasteiger partial charge in [-0.25, -0.2) is 9.37 Å². The number of fused-ring (bicyclic) bond motifs is 1. The van der Waals surface area contributed by atoms with Crippen LogP contribution in [0.4, 0.5) is 34.8 Å². The first kappa shape index (κ1) is 19.6. The van der Waals surface area contributed by atoms with E-state index in [0.717, 1.165) is 6.20 Å². The molecule has 13 heteroatoms. The fourth-order valence-electron chi connectivity index (χ4n) is 3.53. The highest BCUT2D eigenvalue weighted by Gasteiger charge is 2.31. The summed E-state index contributed by atoms with van der Waals surface area (Å²) in [5.74, 6) is -2.70. The first-order chi connectivity index (χ1) is 17.1. The summed E-state index contributed by atoms with van der Waals surface area (Å²) in [5.41, 5.74) is -2.06. The van der Waals surface area contributed by atoms with Crippen LogP contribution in [0.5, 0.6) is 0 Å². The van der Waals surface area contributed by atoms with E-state index < -0.39 is 42.4 Å². The average Bonchev–Trinajstić information content (AvgIpc) is 3.54. The number of carbonyl (C=O) groups excluding carboxylic acids is 2. The zero-order valence-corrected chi connectivity index (χ0v) is 17.6. The van der Waals surface area contributed by atoms with Crippen molar-refractivity contribution in [1.82, 2.24) is 19.4 Å². The molecule has 0 spiro atoms. The van der Waals surface area contributed by atoms with Crippen molar-refractivity contribution in [1.29, 1.82) is 0 Å². The van der Waals surface area contributed by atoms with Gasteiger partial charge in [0, 0.05) is 48.7 Å². The van der Waals surface area contributed by atoms with E-state index >= 15 is 0 Å². The number of halogens is 4. The van der Waals surface area contributed by atoms with Crippen molar-refractivity contribution >= 4 is 39.9 Å². The van der Waals surface area contributed by atoms with Crippen LogP contribution < -0.4 is 21.5 Å². The lowest BCUT2D eigenvalue weighted by Crippen LogP contribution is -2.28. The summed E-state index contributed by atoms with van der Waals surface area (Å²) >= 11 is 0. The molecule has 34 heavy (non-hydrogen) atoms. The molecule has 0 bridgehead atoms. The normalized spacial score (nSPS) is 15.4. The number of nitrogens with zero attached hydrogens (tertiary/aromatic N) is 3. The van der Waals surface area contributed by atoms with Gasteiger partial charge in [0.05, 0.1) is 27.8 Å². The standard InChI is InChI=1S/C21H20F4N6O3/c1-26-19(33)11-6-27-15(29-18(32)10-3-4-10)5-13(11)28-14-8-30(2)17-12(22)7-31(9-21(23,24)25)20(34)16(14)17/h5-8,10H,3-4,9H2,1-2H3,(H,26,33)(H2,27,28,29,32)/i1D3. The number of hydrogen-bond donors (Lipinski definition) is 3.